The molecule has 140 valence electrons. The van der Waals surface area contributed by atoms with Crippen molar-refractivity contribution in [1.29, 1.82) is 0 Å². The van der Waals surface area contributed by atoms with E-state index in [1.807, 2.05) is 12.1 Å². The molecule has 0 aromatic heterocycles. The Hall–Kier alpha value is -2.86. The van der Waals surface area contributed by atoms with Crippen LogP contribution in [0, 0.1) is 5.41 Å². The van der Waals surface area contributed by atoms with Gasteiger partial charge in [-0.2, -0.15) is 5.06 Å². The average Bonchev–Trinajstić information content (AvgIpc) is 3.05. The summed E-state index contributed by atoms with van der Waals surface area (Å²) in [5.74, 6) is 0.0488. The minimum atomic E-state index is -0.513. The van der Waals surface area contributed by atoms with Crippen molar-refractivity contribution in [3.63, 3.8) is 0 Å². The van der Waals surface area contributed by atoms with Crippen LogP contribution in [-0.4, -0.2) is 30.7 Å². The smallest absolute Gasteiger partial charge is 0.282 e. The number of hydrogen-bond donors (Lipinski definition) is 2. The molecule has 2 aromatic rings. The number of amides is 2. The molecule has 1 aliphatic carbocycles. The largest absolute Gasteiger partial charge is 0.494 e. The van der Waals surface area contributed by atoms with E-state index in [0.717, 1.165) is 36.9 Å². The third-order valence-electron chi connectivity index (χ3n) is 5.73. The fraction of sp³-hybridized carbons (Fsp3) is 0.333. The highest BCUT2D eigenvalue weighted by Crippen LogP contribution is 2.41. The first-order valence-corrected chi connectivity index (χ1v) is 9.10. The minimum absolute atomic E-state index is 0.144. The number of anilines is 1. The minimum Gasteiger partial charge on any atom is -0.494 e. The number of carbonyl (C=O) groups is 2. The van der Waals surface area contributed by atoms with Gasteiger partial charge in [0, 0.05) is 12.1 Å². The van der Waals surface area contributed by atoms with E-state index >= 15 is 0 Å². The van der Waals surface area contributed by atoms with Crippen LogP contribution in [0.2, 0.25) is 0 Å². The lowest BCUT2D eigenvalue weighted by molar-refractivity contribution is -0.128. The van der Waals surface area contributed by atoms with Crippen LogP contribution >= 0.6 is 0 Å². The zero-order chi connectivity index (χ0) is 19.0. The summed E-state index contributed by atoms with van der Waals surface area (Å²) in [6.45, 7) is 0.739. The standard InChI is InChI=1S/C21H22N2O4/c1-27-18-5-3-2-4-17(18)23(26)19(24)15-6-7-16-13-21(9-8-14(16)12-15)10-11-22-20(21)25/h2-7,12,26H,8-11,13H2,1H3,(H,22,25)/t21-/m0/s1. The highest BCUT2D eigenvalue weighted by Gasteiger charge is 2.44. The number of para-hydroxylation sites is 2. The molecule has 6 heteroatoms. The van der Waals surface area contributed by atoms with Crippen molar-refractivity contribution in [1.82, 2.24) is 5.32 Å². The third-order valence-corrected chi connectivity index (χ3v) is 5.73. The topological polar surface area (TPSA) is 78.9 Å². The number of nitrogens with zero attached hydrogens (tertiary/aromatic N) is 1. The Morgan fingerprint density at radius 3 is 2.74 bits per heavy atom. The molecule has 1 heterocycles. The van der Waals surface area contributed by atoms with Crippen LogP contribution in [0.1, 0.15) is 34.3 Å². The van der Waals surface area contributed by atoms with Gasteiger partial charge in [0.1, 0.15) is 11.4 Å². The molecule has 1 fully saturated rings. The monoisotopic (exact) mass is 366 g/mol. The molecule has 2 N–H and O–H groups in total. The van der Waals surface area contributed by atoms with Crippen molar-refractivity contribution < 1.29 is 19.5 Å². The molecule has 1 spiro atoms. The van der Waals surface area contributed by atoms with Crippen molar-refractivity contribution in [2.45, 2.75) is 25.7 Å². The maximum Gasteiger partial charge on any atom is 0.282 e. The van der Waals surface area contributed by atoms with Crippen LogP contribution in [0.15, 0.2) is 42.5 Å². The second-order valence-corrected chi connectivity index (χ2v) is 7.24. The van der Waals surface area contributed by atoms with Crippen molar-refractivity contribution >= 4 is 17.5 Å². The second-order valence-electron chi connectivity index (χ2n) is 7.24. The maximum absolute atomic E-state index is 12.8. The van der Waals surface area contributed by atoms with Gasteiger partial charge in [-0.25, -0.2) is 0 Å². The number of hydroxylamine groups is 1. The normalized spacial score (nSPS) is 20.9. The van der Waals surface area contributed by atoms with Gasteiger partial charge in [-0.1, -0.05) is 18.2 Å². The Labute approximate surface area is 157 Å². The fourth-order valence-corrected chi connectivity index (χ4v) is 4.15. The molecule has 2 aliphatic rings. The van der Waals surface area contributed by atoms with Crippen molar-refractivity contribution in [3.8, 4) is 5.75 Å². The van der Waals surface area contributed by atoms with E-state index in [1.165, 1.54) is 7.11 Å². The van der Waals surface area contributed by atoms with Gasteiger partial charge in [-0.05, 0) is 61.1 Å². The van der Waals surface area contributed by atoms with E-state index in [9.17, 15) is 14.8 Å². The van der Waals surface area contributed by atoms with Crippen LogP contribution in [0.3, 0.4) is 0 Å². The zero-order valence-corrected chi connectivity index (χ0v) is 15.2. The molecular formula is C21H22N2O4. The molecule has 0 saturated carbocycles. The molecule has 1 aliphatic heterocycles. The molecule has 0 unspecified atom stereocenters. The molecule has 2 amide bonds. The third kappa shape index (κ3) is 2.96. The van der Waals surface area contributed by atoms with E-state index in [4.69, 9.17) is 4.74 Å². The number of fused-ring (bicyclic) bond motifs is 1. The van der Waals surface area contributed by atoms with E-state index in [0.29, 0.717) is 28.5 Å². The number of carbonyl (C=O) groups excluding carboxylic acids is 2. The van der Waals surface area contributed by atoms with E-state index in [2.05, 4.69) is 5.32 Å². The summed E-state index contributed by atoms with van der Waals surface area (Å²) in [4.78, 5) is 25.0. The molecule has 1 saturated heterocycles. The molecule has 4 rings (SSSR count). The number of rotatable bonds is 3. The highest BCUT2D eigenvalue weighted by molar-refractivity contribution is 6.05. The summed E-state index contributed by atoms with van der Waals surface area (Å²) in [5, 5.41) is 14.0. The Bertz CT molecular complexity index is 911. The summed E-state index contributed by atoms with van der Waals surface area (Å²) < 4.78 is 5.21. The first-order valence-electron chi connectivity index (χ1n) is 9.10. The Kier molecular flexibility index (Phi) is 4.36. The van der Waals surface area contributed by atoms with Gasteiger partial charge >= 0.3 is 0 Å². The lowest BCUT2D eigenvalue weighted by Crippen LogP contribution is -2.36. The quantitative estimate of drug-likeness (QED) is 0.647. The fourth-order valence-electron chi connectivity index (χ4n) is 4.15. The number of nitrogens with one attached hydrogen (secondary N) is 1. The van der Waals surface area contributed by atoms with Crippen LogP contribution in [0.5, 0.6) is 5.75 Å². The number of ether oxygens (including phenoxy) is 1. The summed E-state index contributed by atoms with van der Waals surface area (Å²) in [5.41, 5.74) is 2.59. The summed E-state index contributed by atoms with van der Waals surface area (Å²) in [6.07, 6.45) is 3.12. The highest BCUT2D eigenvalue weighted by atomic mass is 16.5. The molecule has 27 heavy (non-hydrogen) atoms. The lowest BCUT2D eigenvalue weighted by Gasteiger charge is -2.32. The van der Waals surface area contributed by atoms with Crippen LogP contribution in [0.25, 0.3) is 0 Å². The number of benzene rings is 2. The Balaban J connectivity index is 1.59. The number of methoxy groups -OCH3 is 1. The maximum atomic E-state index is 12.8. The van der Waals surface area contributed by atoms with Gasteiger partial charge in [0.25, 0.3) is 5.91 Å². The van der Waals surface area contributed by atoms with Gasteiger partial charge < -0.3 is 10.1 Å². The Morgan fingerprint density at radius 2 is 2.00 bits per heavy atom. The summed E-state index contributed by atoms with van der Waals surface area (Å²) in [7, 11) is 1.49. The van der Waals surface area contributed by atoms with Crippen LogP contribution in [-0.2, 0) is 17.6 Å². The van der Waals surface area contributed by atoms with Crippen molar-refractivity contribution in [2.75, 3.05) is 18.7 Å². The molecule has 2 aromatic carbocycles. The molecule has 0 radical (unpaired) electrons. The number of aryl methyl sites for hydroxylation is 1. The molecule has 6 nitrogen and oxygen atoms in total. The van der Waals surface area contributed by atoms with E-state index in [1.54, 1.807) is 30.3 Å². The first-order chi connectivity index (χ1) is 13.0. The molecule has 0 bridgehead atoms. The lowest BCUT2D eigenvalue weighted by atomic mass is 9.70. The van der Waals surface area contributed by atoms with Crippen molar-refractivity contribution in [3.05, 3.63) is 59.2 Å². The molecular weight excluding hydrogens is 344 g/mol. The second kappa shape index (κ2) is 6.70. The predicted molar refractivity (Wildman–Crippen MR) is 100 cm³/mol. The molecule has 1 atom stereocenters. The van der Waals surface area contributed by atoms with Gasteiger partial charge in [-0.3, -0.25) is 14.8 Å². The van der Waals surface area contributed by atoms with Gasteiger partial charge in [0.05, 0.1) is 12.5 Å². The van der Waals surface area contributed by atoms with E-state index < -0.39 is 5.91 Å². The summed E-state index contributed by atoms with van der Waals surface area (Å²) >= 11 is 0. The van der Waals surface area contributed by atoms with Crippen molar-refractivity contribution in [2.24, 2.45) is 5.41 Å². The van der Waals surface area contributed by atoms with Crippen LogP contribution in [0.4, 0.5) is 5.69 Å². The average molecular weight is 366 g/mol. The number of hydrogen-bond acceptors (Lipinski definition) is 4. The van der Waals surface area contributed by atoms with E-state index in [-0.39, 0.29) is 11.3 Å². The van der Waals surface area contributed by atoms with Gasteiger partial charge in [0.2, 0.25) is 5.91 Å². The zero-order valence-electron chi connectivity index (χ0n) is 15.2. The Morgan fingerprint density at radius 1 is 1.19 bits per heavy atom. The predicted octanol–water partition coefficient (Wildman–Crippen LogP) is 2.73. The van der Waals surface area contributed by atoms with Gasteiger partial charge in [0.15, 0.2) is 0 Å². The van der Waals surface area contributed by atoms with Crippen LogP contribution < -0.4 is 15.1 Å². The van der Waals surface area contributed by atoms with Gasteiger partial charge in [-0.15, -0.1) is 0 Å². The summed E-state index contributed by atoms with van der Waals surface area (Å²) in [6, 6.07) is 12.3. The first kappa shape index (κ1) is 17.5. The SMILES string of the molecule is COc1ccccc1N(O)C(=O)c1ccc2c(c1)CC[C@]1(CCNC1=O)C2.